The van der Waals surface area contributed by atoms with Gasteiger partial charge in [0.25, 0.3) is 0 Å². The van der Waals surface area contributed by atoms with Crippen LogP contribution in [0.3, 0.4) is 0 Å². The third-order valence-electron chi connectivity index (χ3n) is 6.04. The van der Waals surface area contributed by atoms with Crippen molar-refractivity contribution in [3.8, 4) is 5.75 Å². The van der Waals surface area contributed by atoms with Crippen LogP contribution in [-0.2, 0) is 10.3 Å². The van der Waals surface area contributed by atoms with Crippen LogP contribution in [-0.4, -0.2) is 67.3 Å². The van der Waals surface area contributed by atoms with Gasteiger partial charge in [0, 0.05) is 25.4 Å². The van der Waals surface area contributed by atoms with Crippen molar-refractivity contribution in [2.24, 2.45) is 5.92 Å². The van der Waals surface area contributed by atoms with E-state index >= 15 is 0 Å². The standard InChI is InChI=1S/C22H31FN4O3S/c1-26-14-22(15-26,17-7-8-18(23)19(11-17)30-13-16-5-6-16)25-31-10-4-2-3-9-27-12-20(28)24-21(27)29/h7-8,11,16,25H,2-6,9-10,12-15H2,1H3,(H,24,28,29). The van der Waals surface area contributed by atoms with Crippen molar-refractivity contribution in [1.82, 2.24) is 19.8 Å². The lowest BCUT2D eigenvalue weighted by Crippen LogP contribution is -2.63. The quantitative estimate of drug-likeness (QED) is 0.290. The lowest BCUT2D eigenvalue weighted by Gasteiger charge is -2.49. The number of benzene rings is 1. The van der Waals surface area contributed by atoms with Crippen LogP contribution in [0, 0.1) is 11.7 Å². The second-order valence-corrected chi connectivity index (χ2v) is 9.84. The fourth-order valence-electron chi connectivity index (χ4n) is 4.09. The molecule has 2 saturated heterocycles. The van der Waals surface area contributed by atoms with Crippen LogP contribution in [0.5, 0.6) is 5.75 Å². The van der Waals surface area contributed by atoms with E-state index in [1.54, 1.807) is 16.8 Å². The van der Waals surface area contributed by atoms with E-state index in [4.69, 9.17) is 4.74 Å². The van der Waals surface area contributed by atoms with Crippen LogP contribution >= 0.6 is 11.9 Å². The van der Waals surface area contributed by atoms with Crippen molar-refractivity contribution in [1.29, 1.82) is 0 Å². The van der Waals surface area contributed by atoms with Gasteiger partial charge in [0.2, 0.25) is 5.91 Å². The van der Waals surface area contributed by atoms with Gasteiger partial charge in [-0.25, -0.2) is 9.18 Å². The Morgan fingerprint density at radius 3 is 2.74 bits per heavy atom. The van der Waals surface area contributed by atoms with Crippen molar-refractivity contribution in [3.05, 3.63) is 29.6 Å². The molecule has 1 aromatic rings. The molecule has 3 amide bonds. The highest BCUT2D eigenvalue weighted by molar-refractivity contribution is 7.97. The van der Waals surface area contributed by atoms with Crippen LogP contribution in [0.2, 0.25) is 0 Å². The number of halogens is 1. The molecule has 3 aliphatic rings. The zero-order valence-electron chi connectivity index (χ0n) is 18.0. The number of nitrogens with one attached hydrogen (secondary N) is 2. The van der Waals surface area contributed by atoms with E-state index in [0.717, 1.165) is 43.7 Å². The molecule has 2 aliphatic heterocycles. The molecule has 3 fully saturated rings. The van der Waals surface area contributed by atoms with E-state index < -0.39 is 0 Å². The molecule has 2 heterocycles. The number of amides is 3. The molecule has 9 heteroatoms. The van der Waals surface area contributed by atoms with Crippen LogP contribution in [0.4, 0.5) is 9.18 Å². The molecule has 1 aliphatic carbocycles. The van der Waals surface area contributed by atoms with Gasteiger partial charge in [0.15, 0.2) is 11.6 Å². The Kier molecular flexibility index (Phi) is 7.03. The second-order valence-electron chi connectivity index (χ2n) is 8.94. The third kappa shape index (κ3) is 5.70. The van der Waals surface area contributed by atoms with Crippen LogP contribution in [0.1, 0.15) is 37.7 Å². The largest absolute Gasteiger partial charge is 0.490 e. The number of likely N-dealkylation sites (tertiary alicyclic amines) is 1. The summed E-state index contributed by atoms with van der Waals surface area (Å²) in [4.78, 5) is 26.5. The van der Waals surface area contributed by atoms with Gasteiger partial charge in [-0.2, -0.15) is 0 Å². The monoisotopic (exact) mass is 450 g/mol. The fourth-order valence-corrected chi connectivity index (χ4v) is 5.07. The van der Waals surface area contributed by atoms with Gasteiger partial charge in [-0.15, -0.1) is 0 Å². The number of rotatable bonds is 12. The van der Waals surface area contributed by atoms with Gasteiger partial charge in [-0.1, -0.05) is 24.4 Å². The molecule has 170 valence electrons. The summed E-state index contributed by atoms with van der Waals surface area (Å²) in [6.45, 7) is 3.12. The smallest absolute Gasteiger partial charge is 0.324 e. The fraction of sp³-hybridized carbons (Fsp3) is 0.636. The maximum atomic E-state index is 14.2. The first-order valence-electron chi connectivity index (χ1n) is 11.0. The molecule has 0 spiro atoms. The molecular formula is C22H31FN4O3S. The highest BCUT2D eigenvalue weighted by Crippen LogP contribution is 2.36. The summed E-state index contributed by atoms with van der Waals surface area (Å²) in [5, 5.41) is 2.30. The molecule has 0 aromatic heterocycles. The van der Waals surface area contributed by atoms with Gasteiger partial charge in [-0.3, -0.25) is 14.8 Å². The van der Waals surface area contributed by atoms with E-state index in [-0.39, 0.29) is 29.8 Å². The van der Waals surface area contributed by atoms with E-state index in [2.05, 4.69) is 22.0 Å². The Morgan fingerprint density at radius 2 is 2.06 bits per heavy atom. The first-order valence-corrected chi connectivity index (χ1v) is 12.0. The van der Waals surface area contributed by atoms with Crippen molar-refractivity contribution in [2.45, 2.75) is 37.6 Å². The summed E-state index contributed by atoms with van der Waals surface area (Å²) >= 11 is 1.70. The van der Waals surface area contributed by atoms with Crippen molar-refractivity contribution in [3.63, 3.8) is 0 Å². The SMILES string of the molecule is CN1CC(NSCCCCCN2CC(=O)NC2=O)(c2ccc(F)c(OCC3CC3)c2)C1. The number of carbonyl (C=O) groups is 2. The number of imide groups is 1. The topological polar surface area (TPSA) is 73.9 Å². The zero-order chi connectivity index (χ0) is 21.8. The minimum absolute atomic E-state index is 0.176. The van der Waals surface area contributed by atoms with Crippen LogP contribution in [0.15, 0.2) is 18.2 Å². The Labute approximate surface area is 187 Å². The molecule has 0 radical (unpaired) electrons. The van der Waals surface area contributed by atoms with Crippen molar-refractivity contribution < 1.29 is 18.7 Å². The van der Waals surface area contributed by atoms with Gasteiger partial charge in [-0.05, 0) is 56.3 Å². The highest BCUT2D eigenvalue weighted by Gasteiger charge is 2.43. The molecule has 0 atom stereocenters. The normalized spacial score (nSPS) is 20.6. The molecule has 31 heavy (non-hydrogen) atoms. The summed E-state index contributed by atoms with van der Waals surface area (Å²) in [6, 6.07) is 4.96. The second kappa shape index (κ2) is 9.75. The molecule has 4 rings (SSSR count). The first-order chi connectivity index (χ1) is 14.9. The summed E-state index contributed by atoms with van der Waals surface area (Å²) < 4.78 is 23.6. The molecule has 1 saturated carbocycles. The number of ether oxygens (including phenoxy) is 1. The van der Waals surface area contributed by atoms with Gasteiger partial charge in [0.1, 0.15) is 6.54 Å². The highest BCUT2D eigenvalue weighted by atomic mass is 32.2. The average Bonchev–Trinajstić information content (AvgIpc) is 3.48. The van der Waals surface area contributed by atoms with Crippen molar-refractivity contribution >= 4 is 23.9 Å². The van der Waals surface area contributed by atoms with E-state index in [0.29, 0.717) is 24.8 Å². The lowest BCUT2D eigenvalue weighted by molar-refractivity contribution is -0.118. The third-order valence-corrected chi connectivity index (χ3v) is 7.07. The molecule has 0 unspecified atom stereocenters. The summed E-state index contributed by atoms with van der Waals surface area (Å²) in [6.07, 6.45) is 5.26. The number of likely N-dealkylation sites (N-methyl/N-ethyl adjacent to an activating group) is 1. The predicted molar refractivity (Wildman–Crippen MR) is 118 cm³/mol. The number of hydrogen-bond donors (Lipinski definition) is 2. The average molecular weight is 451 g/mol. The molecule has 2 N–H and O–H groups in total. The first kappa shape index (κ1) is 22.4. The number of unbranched alkanes of at least 4 members (excludes halogenated alkanes) is 2. The Hall–Kier alpha value is -1.84. The number of carbonyl (C=O) groups excluding carboxylic acids is 2. The molecule has 7 nitrogen and oxygen atoms in total. The maximum absolute atomic E-state index is 14.2. The maximum Gasteiger partial charge on any atom is 0.324 e. The number of nitrogens with zero attached hydrogens (tertiary/aromatic N) is 2. The summed E-state index contributed by atoms with van der Waals surface area (Å²) in [5.74, 6) is 1.37. The van der Waals surface area contributed by atoms with Crippen LogP contribution < -0.4 is 14.8 Å². The zero-order valence-corrected chi connectivity index (χ0v) is 18.8. The van der Waals surface area contributed by atoms with E-state index in [1.807, 2.05) is 12.1 Å². The predicted octanol–water partition coefficient (Wildman–Crippen LogP) is 2.72. The van der Waals surface area contributed by atoms with E-state index in [1.165, 1.54) is 18.9 Å². The van der Waals surface area contributed by atoms with Crippen LogP contribution in [0.25, 0.3) is 0 Å². The van der Waals surface area contributed by atoms with Gasteiger partial charge in [0.05, 0.1) is 12.1 Å². The molecular weight excluding hydrogens is 419 g/mol. The molecule has 0 bridgehead atoms. The summed E-state index contributed by atoms with van der Waals surface area (Å²) in [5.41, 5.74) is 0.869. The number of hydrogen-bond acceptors (Lipinski definition) is 6. The van der Waals surface area contributed by atoms with Crippen molar-refractivity contribution in [2.75, 3.05) is 45.6 Å². The molecule has 1 aromatic carbocycles. The minimum Gasteiger partial charge on any atom is -0.490 e. The van der Waals surface area contributed by atoms with E-state index in [9.17, 15) is 14.0 Å². The van der Waals surface area contributed by atoms with Gasteiger partial charge < -0.3 is 14.5 Å². The minimum atomic E-state index is -0.298. The summed E-state index contributed by atoms with van der Waals surface area (Å²) in [7, 11) is 2.08. The Bertz CT molecular complexity index is 814. The Balaban J connectivity index is 1.22. The van der Waals surface area contributed by atoms with Gasteiger partial charge >= 0.3 is 6.03 Å². The lowest BCUT2D eigenvalue weighted by atomic mass is 9.84. The number of urea groups is 1. The Morgan fingerprint density at radius 1 is 1.26 bits per heavy atom.